The Kier molecular flexibility index (Phi) is 9.35. The number of benzene rings is 1. The van der Waals surface area contributed by atoms with Crippen molar-refractivity contribution >= 4 is 29.9 Å². The van der Waals surface area contributed by atoms with E-state index in [-0.39, 0.29) is 29.5 Å². The molecule has 160 valence electrons. The van der Waals surface area contributed by atoms with Crippen LogP contribution in [0.15, 0.2) is 35.6 Å². The van der Waals surface area contributed by atoms with Crippen LogP contribution in [0.25, 0.3) is 11.4 Å². The second-order valence-electron chi connectivity index (χ2n) is 7.94. The SMILES string of the molecule is CCNC(=NCc1cccc(-c2ncn[nH]2)c1)NCC(C)(C)N1CCCCC1.I. The Hall–Kier alpha value is -1.68. The number of aromatic nitrogens is 3. The molecule has 1 aromatic carbocycles. The van der Waals surface area contributed by atoms with Crippen LogP contribution in [-0.2, 0) is 6.54 Å². The maximum atomic E-state index is 4.78. The Balaban J connectivity index is 0.00000300. The number of nitrogens with one attached hydrogen (secondary N) is 3. The Morgan fingerprint density at radius 3 is 2.69 bits per heavy atom. The molecule has 3 N–H and O–H groups in total. The predicted octanol–water partition coefficient (Wildman–Crippen LogP) is 3.41. The third kappa shape index (κ3) is 6.95. The number of H-pyrrole nitrogens is 1. The van der Waals surface area contributed by atoms with Crippen LogP contribution >= 0.6 is 24.0 Å². The van der Waals surface area contributed by atoms with Crippen LogP contribution in [0.3, 0.4) is 0 Å². The number of aliphatic imine (C=N–C) groups is 1. The van der Waals surface area contributed by atoms with Crippen LogP contribution in [0.2, 0.25) is 0 Å². The van der Waals surface area contributed by atoms with Gasteiger partial charge in [0, 0.05) is 24.2 Å². The summed E-state index contributed by atoms with van der Waals surface area (Å²) in [7, 11) is 0. The molecule has 1 aliphatic heterocycles. The van der Waals surface area contributed by atoms with E-state index in [4.69, 9.17) is 4.99 Å². The highest BCUT2D eigenvalue weighted by Gasteiger charge is 2.27. The molecule has 1 saturated heterocycles. The molecule has 0 amide bonds. The smallest absolute Gasteiger partial charge is 0.191 e. The van der Waals surface area contributed by atoms with E-state index in [0.29, 0.717) is 6.54 Å². The van der Waals surface area contributed by atoms with Crippen molar-refractivity contribution in [1.29, 1.82) is 0 Å². The van der Waals surface area contributed by atoms with Crippen molar-refractivity contribution in [2.24, 2.45) is 4.99 Å². The molecular weight excluding hydrogens is 477 g/mol. The van der Waals surface area contributed by atoms with Crippen molar-refractivity contribution in [2.45, 2.75) is 52.1 Å². The molecule has 3 rings (SSSR count). The van der Waals surface area contributed by atoms with Gasteiger partial charge in [-0.25, -0.2) is 9.98 Å². The highest BCUT2D eigenvalue weighted by atomic mass is 127. The molecule has 0 saturated carbocycles. The standard InChI is InChI=1S/C21H33N7.HI/c1-4-22-20(24-15-21(2,3)28-11-6-5-7-12-28)23-14-17-9-8-10-18(13-17)19-25-16-26-27-19;/h8-10,13,16H,4-7,11-12,14-15H2,1-3H3,(H2,22,23,24)(H,25,26,27);1H. The number of guanidine groups is 1. The van der Waals surface area contributed by atoms with Gasteiger partial charge in [0.05, 0.1) is 6.54 Å². The highest BCUT2D eigenvalue weighted by Crippen LogP contribution is 2.20. The zero-order chi connectivity index (χ0) is 19.8. The Labute approximate surface area is 191 Å². The Morgan fingerprint density at radius 2 is 2.00 bits per heavy atom. The van der Waals surface area contributed by atoms with Crippen LogP contribution in [-0.4, -0.2) is 57.8 Å². The minimum absolute atomic E-state index is 0. The van der Waals surface area contributed by atoms with Crippen LogP contribution in [0, 0.1) is 0 Å². The summed E-state index contributed by atoms with van der Waals surface area (Å²) in [5.74, 6) is 1.64. The molecule has 0 radical (unpaired) electrons. The second-order valence-corrected chi connectivity index (χ2v) is 7.94. The number of nitrogens with zero attached hydrogens (tertiary/aromatic N) is 4. The van der Waals surface area contributed by atoms with Gasteiger partial charge in [0.1, 0.15) is 6.33 Å². The summed E-state index contributed by atoms with van der Waals surface area (Å²) in [5.41, 5.74) is 2.28. The molecule has 1 aromatic heterocycles. The summed E-state index contributed by atoms with van der Waals surface area (Å²) < 4.78 is 0. The molecule has 0 bridgehead atoms. The lowest BCUT2D eigenvalue weighted by atomic mass is 9.98. The maximum Gasteiger partial charge on any atom is 0.191 e. The molecule has 29 heavy (non-hydrogen) atoms. The van der Waals surface area contributed by atoms with E-state index in [2.05, 4.69) is 63.6 Å². The highest BCUT2D eigenvalue weighted by molar-refractivity contribution is 14.0. The lowest BCUT2D eigenvalue weighted by molar-refractivity contribution is 0.0982. The molecule has 7 nitrogen and oxygen atoms in total. The normalized spacial score (nSPS) is 15.6. The number of piperidine rings is 1. The van der Waals surface area contributed by atoms with Gasteiger partial charge in [-0.15, -0.1) is 24.0 Å². The van der Waals surface area contributed by atoms with Crippen molar-refractivity contribution in [3.8, 4) is 11.4 Å². The van der Waals surface area contributed by atoms with E-state index in [0.717, 1.165) is 36.0 Å². The third-order valence-electron chi connectivity index (χ3n) is 5.28. The minimum atomic E-state index is 0. The summed E-state index contributed by atoms with van der Waals surface area (Å²) in [6.07, 6.45) is 5.49. The molecular formula is C21H34IN7. The first kappa shape index (κ1) is 23.6. The second kappa shape index (κ2) is 11.5. The monoisotopic (exact) mass is 511 g/mol. The van der Waals surface area contributed by atoms with Gasteiger partial charge in [-0.3, -0.25) is 10.00 Å². The fourth-order valence-corrected chi connectivity index (χ4v) is 3.58. The first-order valence-electron chi connectivity index (χ1n) is 10.3. The molecule has 0 atom stereocenters. The fourth-order valence-electron chi connectivity index (χ4n) is 3.58. The molecule has 0 unspecified atom stereocenters. The molecule has 2 heterocycles. The van der Waals surface area contributed by atoms with E-state index < -0.39 is 0 Å². The zero-order valence-electron chi connectivity index (χ0n) is 17.7. The summed E-state index contributed by atoms with van der Waals surface area (Å²) in [6, 6.07) is 8.25. The first-order chi connectivity index (χ1) is 13.6. The summed E-state index contributed by atoms with van der Waals surface area (Å²) in [6.45, 7) is 11.4. The van der Waals surface area contributed by atoms with E-state index in [1.54, 1.807) is 0 Å². The number of hydrogen-bond acceptors (Lipinski definition) is 4. The Morgan fingerprint density at radius 1 is 1.21 bits per heavy atom. The molecule has 2 aromatic rings. The summed E-state index contributed by atoms with van der Waals surface area (Å²) in [5, 5.41) is 13.7. The summed E-state index contributed by atoms with van der Waals surface area (Å²) in [4.78, 5) is 11.6. The van der Waals surface area contributed by atoms with Crippen molar-refractivity contribution in [3.63, 3.8) is 0 Å². The maximum absolute atomic E-state index is 4.78. The van der Waals surface area contributed by atoms with Crippen LogP contribution < -0.4 is 10.6 Å². The lowest BCUT2D eigenvalue weighted by Crippen LogP contribution is -2.54. The van der Waals surface area contributed by atoms with Gasteiger partial charge in [-0.1, -0.05) is 24.6 Å². The minimum Gasteiger partial charge on any atom is -0.357 e. The van der Waals surface area contributed by atoms with Gasteiger partial charge in [-0.05, 0) is 58.3 Å². The fraction of sp³-hybridized carbons (Fsp3) is 0.571. The van der Waals surface area contributed by atoms with Crippen molar-refractivity contribution in [2.75, 3.05) is 26.2 Å². The Bertz CT molecular complexity index is 752. The van der Waals surface area contributed by atoms with Gasteiger partial charge >= 0.3 is 0 Å². The molecule has 0 spiro atoms. The van der Waals surface area contributed by atoms with Gasteiger partial charge in [0.2, 0.25) is 0 Å². The quantitative estimate of drug-likeness (QED) is 0.302. The van der Waals surface area contributed by atoms with Gasteiger partial charge in [-0.2, -0.15) is 5.10 Å². The predicted molar refractivity (Wildman–Crippen MR) is 130 cm³/mol. The molecule has 1 fully saturated rings. The van der Waals surface area contributed by atoms with Gasteiger partial charge < -0.3 is 10.6 Å². The zero-order valence-corrected chi connectivity index (χ0v) is 20.1. The molecule has 8 heteroatoms. The largest absolute Gasteiger partial charge is 0.357 e. The molecule has 1 aliphatic rings. The van der Waals surface area contributed by atoms with Crippen LogP contribution in [0.1, 0.15) is 45.6 Å². The number of hydrogen-bond donors (Lipinski definition) is 3. The number of aromatic amines is 1. The summed E-state index contributed by atoms with van der Waals surface area (Å²) >= 11 is 0. The van der Waals surface area contributed by atoms with Crippen LogP contribution in [0.4, 0.5) is 0 Å². The third-order valence-corrected chi connectivity index (χ3v) is 5.28. The number of likely N-dealkylation sites (tertiary alicyclic amines) is 1. The number of rotatable bonds is 7. The van der Waals surface area contributed by atoms with Gasteiger partial charge in [0.15, 0.2) is 11.8 Å². The topological polar surface area (TPSA) is 81.2 Å². The van der Waals surface area contributed by atoms with Crippen molar-refractivity contribution < 1.29 is 0 Å². The van der Waals surface area contributed by atoms with E-state index in [1.165, 1.54) is 38.7 Å². The first-order valence-corrected chi connectivity index (χ1v) is 10.3. The molecule has 0 aliphatic carbocycles. The number of halogens is 1. The van der Waals surface area contributed by atoms with Gasteiger partial charge in [0.25, 0.3) is 0 Å². The van der Waals surface area contributed by atoms with E-state index in [1.807, 2.05) is 12.1 Å². The lowest BCUT2D eigenvalue weighted by Gasteiger charge is -2.41. The average molecular weight is 511 g/mol. The van der Waals surface area contributed by atoms with Crippen LogP contribution in [0.5, 0.6) is 0 Å². The van der Waals surface area contributed by atoms with Crippen molar-refractivity contribution in [3.05, 3.63) is 36.2 Å². The van der Waals surface area contributed by atoms with Crippen molar-refractivity contribution in [1.82, 2.24) is 30.7 Å². The van der Waals surface area contributed by atoms with E-state index in [9.17, 15) is 0 Å². The van der Waals surface area contributed by atoms with E-state index >= 15 is 0 Å². The average Bonchev–Trinajstić information content (AvgIpc) is 3.26.